The minimum absolute atomic E-state index is 0.222. The van der Waals surface area contributed by atoms with Gasteiger partial charge < -0.3 is 9.47 Å². The number of benzene rings is 1. The first-order valence-electron chi connectivity index (χ1n) is 5.28. The lowest BCUT2D eigenvalue weighted by Gasteiger charge is -2.25. The van der Waals surface area contributed by atoms with E-state index in [1.165, 1.54) is 0 Å². The SMILES string of the molecule is CC.CCC1COc2ccccc2O1. The summed E-state index contributed by atoms with van der Waals surface area (Å²) in [5, 5.41) is 0. The third-order valence-corrected chi connectivity index (χ3v) is 2.02. The summed E-state index contributed by atoms with van der Waals surface area (Å²) in [5.74, 6) is 1.73. The molecule has 1 aliphatic heterocycles. The molecule has 14 heavy (non-hydrogen) atoms. The fraction of sp³-hybridized carbons (Fsp3) is 0.500. The predicted molar refractivity (Wildman–Crippen MR) is 58.0 cm³/mol. The van der Waals surface area contributed by atoms with Crippen LogP contribution in [0.5, 0.6) is 11.5 Å². The van der Waals surface area contributed by atoms with Gasteiger partial charge in [0.25, 0.3) is 0 Å². The molecule has 1 aromatic rings. The van der Waals surface area contributed by atoms with Crippen LogP contribution in [0.1, 0.15) is 27.2 Å². The van der Waals surface area contributed by atoms with Crippen molar-refractivity contribution in [3.8, 4) is 11.5 Å². The molecule has 1 aliphatic rings. The minimum Gasteiger partial charge on any atom is -0.486 e. The lowest BCUT2D eigenvalue weighted by atomic mass is 10.2. The number of fused-ring (bicyclic) bond motifs is 1. The zero-order valence-electron chi connectivity index (χ0n) is 9.12. The quantitative estimate of drug-likeness (QED) is 0.683. The van der Waals surface area contributed by atoms with Gasteiger partial charge in [0.15, 0.2) is 11.5 Å². The molecule has 0 aromatic heterocycles. The van der Waals surface area contributed by atoms with E-state index >= 15 is 0 Å². The average molecular weight is 194 g/mol. The summed E-state index contributed by atoms with van der Waals surface area (Å²) in [7, 11) is 0. The van der Waals surface area contributed by atoms with Crippen molar-refractivity contribution < 1.29 is 9.47 Å². The largest absolute Gasteiger partial charge is 0.486 e. The summed E-state index contributed by atoms with van der Waals surface area (Å²) in [6, 6.07) is 7.78. The van der Waals surface area contributed by atoms with Crippen molar-refractivity contribution in [3.63, 3.8) is 0 Å². The van der Waals surface area contributed by atoms with Gasteiger partial charge in [0.1, 0.15) is 12.7 Å². The van der Waals surface area contributed by atoms with Crippen molar-refractivity contribution in [2.75, 3.05) is 6.61 Å². The summed E-state index contributed by atoms with van der Waals surface area (Å²) in [6.45, 7) is 6.77. The van der Waals surface area contributed by atoms with Gasteiger partial charge in [-0.3, -0.25) is 0 Å². The van der Waals surface area contributed by atoms with Crippen LogP contribution in [0.4, 0.5) is 0 Å². The highest BCUT2D eigenvalue weighted by molar-refractivity contribution is 5.40. The van der Waals surface area contributed by atoms with Gasteiger partial charge in [-0.15, -0.1) is 0 Å². The molecule has 0 N–H and O–H groups in total. The van der Waals surface area contributed by atoms with E-state index in [0.29, 0.717) is 6.61 Å². The maximum Gasteiger partial charge on any atom is 0.161 e. The van der Waals surface area contributed by atoms with Gasteiger partial charge in [-0.05, 0) is 18.6 Å². The molecule has 1 heterocycles. The fourth-order valence-electron chi connectivity index (χ4n) is 1.26. The molecule has 78 valence electrons. The molecular formula is C12H18O2. The second-order valence-electron chi connectivity index (χ2n) is 2.91. The summed E-state index contributed by atoms with van der Waals surface area (Å²) >= 11 is 0. The highest BCUT2D eigenvalue weighted by Gasteiger charge is 2.17. The Morgan fingerprint density at radius 2 is 1.86 bits per heavy atom. The molecule has 0 saturated heterocycles. The van der Waals surface area contributed by atoms with Crippen molar-refractivity contribution in [2.24, 2.45) is 0 Å². The first-order chi connectivity index (χ1) is 6.90. The van der Waals surface area contributed by atoms with Crippen LogP contribution in [-0.2, 0) is 0 Å². The molecule has 1 atom stereocenters. The molecular weight excluding hydrogens is 176 g/mol. The monoisotopic (exact) mass is 194 g/mol. The molecule has 2 rings (SSSR count). The minimum atomic E-state index is 0.222. The molecule has 1 unspecified atom stereocenters. The van der Waals surface area contributed by atoms with E-state index in [9.17, 15) is 0 Å². The highest BCUT2D eigenvalue weighted by atomic mass is 16.6. The zero-order valence-corrected chi connectivity index (χ0v) is 9.12. The Hall–Kier alpha value is -1.18. The number of ether oxygens (including phenoxy) is 2. The second-order valence-corrected chi connectivity index (χ2v) is 2.91. The molecule has 0 aliphatic carbocycles. The van der Waals surface area contributed by atoms with Crippen LogP contribution in [0.2, 0.25) is 0 Å². The maximum atomic E-state index is 5.66. The molecule has 2 heteroatoms. The van der Waals surface area contributed by atoms with Gasteiger partial charge in [-0.1, -0.05) is 32.9 Å². The van der Waals surface area contributed by atoms with Crippen LogP contribution in [0, 0.1) is 0 Å². The zero-order chi connectivity index (χ0) is 10.4. The van der Waals surface area contributed by atoms with E-state index in [1.54, 1.807) is 0 Å². The van der Waals surface area contributed by atoms with E-state index in [2.05, 4.69) is 6.92 Å². The van der Waals surface area contributed by atoms with Gasteiger partial charge in [0.2, 0.25) is 0 Å². The first kappa shape index (κ1) is 10.9. The summed E-state index contributed by atoms with van der Waals surface area (Å²) in [4.78, 5) is 0. The molecule has 0 radical (unpaired) electrons. The molecule has 0 fully saturated rings. The molecule has 1 aromatic carbocycles. The smallest absolute Gasteiger partial charge is 0.161 e. The van der Waals surface area contributed by atoms with Gasteiger partial charge >= 0.3 is 0 Å². The van der Waals surface area contributed by atoms with Crippen molar-refractivity contribution in [2.45, 2.75) is 33.3 Å². The van der Waals surface area contributed by atoms with Gasteiger partial charge in [-0.2, -0.15) is 0 Å². The topological polar surface area (TPSA) is 18.5 Å². The van der Waals surface area contributed by atoms with Crippen LogP contribution in [0.3, 0.4) is 0 Å². The van der Waals surface area contributed by atoms with Gasteiger partial charge in [-0.25, -0.2) is 0 Å². The standard InChI is InChI=1S/C10H12O2.C2H6/c1-2-8-7-11-9-5-3-4-6-10(9)12-8;1-2/h3-6,8H,2,7H2,1H3;1-2H3. The van der Waals surface area contributed by atoms with E-state index in [-0.39, 0.29) is 6.10 Å². The first-order valence-corrected chi connectivity index (χ1v) is 5.28. The van der Waals surface area contributed by atoms with E-state index < -0.39 is 0 Å². The normalized spacial score (nSPS) is 18.1. The Kier molecular flexibility index (Phi) is 4.30. The van der Waals surface area contributed by atoms with Crippen LogP contribution in [0.15, 0.2) is 24.3 Å². The summed E-state index contributed by atoms with van der Waals surface area (Å²) in [5.41, 5.74) is 0. The highest BCUT2D eigenvalue weighted by Crippen LogP contribution is 2.31. The fourth-order valence-corrected chi connectivity index (χ4v) is 1.26. The molecule has 0 spiro atoms. The number of para-hydroxylation sites is 2. The molecule has 0 bridgehead atoms. The Morgan fingerprint density at radius 1 is 1.21 bits per heavy atom. The third kappa shape index (κ3) is 2.41. The second kappa shape index (κ2) is 5.53. The molecule has 0 amide bonds. The summed E-state index contributed by atoms with van der Waals surface area (Å²) < 4.78 is 11.2. The van der Waals surface area contributed by atoms with E-state index in [4.69, 9.17) is 9.47 Å². The van der Waals surface area contributed by atoms with Crippen LogP contribution >= 0.6 is 0 Å². The summed E-state index contributed by atoms with van der Waals surface area (Å²) in [6.07, 6.45) is 1.22. The Bertz CT molecular complexity index is 271. The Morgan fingerprint density at radius 3 is 2.50 bits per heavy atom. The van der Waals surface area contributed by atoms with Crippen molar-refractivity contribution in [1.29, 1.82) is 0 Å². The number of hydrogen-bond acceptors (Lipinski definition) is 2. The molecule has 0 saturated carbocycles. The van der Waals surface area contributed by atoms with E-state index in [1.807, 2.05) is 38.1 Å². The van der Waals surface area contributed by atoms with Crippen LogP contribution in [-0.4, -0.2) is 12.7 Å². The van der Waals surface area contributed by atoms with Crippen molar-refractivity contribution in [1.82, 2.24) is 0 Å². The van der Waals surface area contributed by atoms with Gasteiger partial charge in [0.05, 0.1) is 0 Å². The maximum absolute atomic E-state index is 5.66. The number of hydrogen-bond donors (Lipinski definition) is 0. The molecule has 2 nitrogen and oxygen atoms in total. The van der Waals surface area contributed by atoms with Crippen LogP contribution < -0.4 is 9.47 Å². The third-order valence-electron chi connectivity index (χ3n) is 2.02. The van der Waals surface area contributed by atoms with Crippen LogP contribution in [0.25, 0.3) is 0 Å². The average Bonchev–Trinajstić information content (AvgIpc) is 2.31. The van der Waals surface area contributed by atoms with Gasteiger partial charge in [0, 0.05) is 0 Å². The van der Waals surface area contributed by atoms with E-state index in [0.717, 1.165) is 17.9 Å². The lowest BCUT2D eigenvalue weighted by molar-refractivity contribution is 0.0884. The Balaban J connectivity index is 0.000000461. The van der Waals surface area contributed by atoms with Crippen molar-refractivity contribution >= 4 is 0 Å². The number of rotatable bonds is 1. The van der Waals surface area contributed by atoms with Crippen molar-refractivity contribution in [3.05, 3.63) is 24.3 Å². The lowest BCUT2D eigenvalue weighted by Crippen LogP contribution is -2.28. The Labute approximate surface area is 85.8 Å². The predicted octanol–water partition coefficient (Wildman–Crippen LogP) is 3.26.